The number of morpholine rings is 1. The summed E-state index contributed by atoms with van der Waals surface area (Å²) in [5.41, 5.74) is 9.52. The second-order valence-corrected chi connectivity index (χ2v) is 9.33. The molecule has 4 rings (SSSR count). The number of methoxy groups -OCH3 is 1. The third-order valence-electron chi connectivity index (χ3n) is 6.53. The van der Waals surface area contributed by atoms with E-state index in [2.05, 4.69) is 46.2 Å². The third kappa shape index (κ3) is 11.0. The van der Waals surface area contributed by atoms with E-state index in [1.807, 2.05) is 12.1 Å². The number of aliphatic carboxylic acids is 2. The van der Waals surface area contributed by atoms with E-state index in [0.29, 0.717) is 12.6 Å². The van der Waals surface area contributed by atoms with E-state index in [0.717, 1.165) is 38.5 Å². The molecule has 234 valence electrons. The van der Waals surface area contributed by atoms with E-state index >= 15 is 0 Å². The number of rotatable bonds is 5. The van der Waals surface area contributed by atoms with Crippen molar-refractivity contribution in [2.24, 2.45) is 5.73 Å². The zero-order valence-corrected chi connectivity index (χ0v) is 22.7. The standard InChI is InChI=1S/C23H31N3O2.2C2HF3O2/c1-27-22-4-2-3-19(15-22)18-5-7-20(8-6-18)25-11-9-21(10-12-25)26-13-14-28-23(16-24)17-26;2*3-2(4,5)1(6)7/h2-8,15,21,23H,9-14,16-17,24H2,1H3;2*(H,6,7). The summed E-state index contributed by atoms with van der Waals surface area (Å²) in [6.07, 6.45) is -7.56. The van der Waals surface area contributed by atoms with Gasteiger partial charge in [-0.1, -0.05) is 24.3 Å². The Balaban J connectivity index is 0.000000367. The van der Waals surface area contributed by atoms with Gasteiger partial charge in [0, 0.05) is 44.5 Å². The van der Waals surface area contributed by atoms with Crippen LogP contribution >= 0.6 is 0 Å². The van der Waals surface area contributed by atoms with Crippen molar-refractivity contribution in [3.05, 3.63) is 48.5 Å². The maximum Gasteiger partial charge on any atom is 0.490 e. The molecule has 1 atom stereocenters. The summed E-state index contributed by atoms with van der Waals surface area (Å²) in [4.78, 5) is 22.9. The molecule has 0 radical (unpaired) electrons. The first-order valence-corrected chi connectivity index (χ1v) is 12.8. The fourth-order valence-electron chi connectivity index (χ4n) is 4.37. The fourth-order valence-corrected chi connectivity index (χ4v) is 4.37. The SMILES string of the molecule is COc1cccc(-c2ccc(N3CCC(N4CCOC(CN)C4)CC3)cc2)c1.O=C(O)C(F)(F)F.O=C(O)C(F)(F)F. The number of carboxylic acid groups (broad SMARTS) is 2. The van der Waals surface area contributed by atoms with Gasteiger partial charge in [0.05, 0.1) is 19.8 Å². The van der Waals surface area contributed by atoms with Crippen LogP contribution in [0.25, 0.3) is 11.1 Å². The molecule has 0 aromatic heterocycles. The van der Waals surface area contributed by atoms with E-state index in [9.17, 15) is 26.3 Å². The highest BCUT2D eigenvalue weighted by Crippen LogP contribution is 2.28. The number of hydrogen-bond acceptors (Lipinski definition) is 7. The van der Waals surface area contributed by atoms with Crippen LogP contribution in [0.3, 0.4) is 0 Å². The Bertz CT molecular complexity index is 1110. The molecule has 2 aliphatic heterocycles. The van der Waals surface area contributed by atoms with Gasteiger partial charge in [0.15, 0.2) is 0 Å². The van der Waals surface area contributed by atoms with Gasteiger partial charge < -0.3 is 30.3 Å². The number of benzene rings is 2. The highest BCUT2D eigenvalue weighted by molar-refractivity contribution is 5.73. The van der Waals surface area contributed by atoms with Crippen molar-refractivity contribution in [2.75, 3.05) is 51.3 Å². The molecule has 2 aromatic carbocycles. The van der Waals surface area contributed by atoms with Crippen molar-refractivity contribution in [2.45, 2.75) is 37.3 Å². The minimum absolute atomic E-state index is 0.205. The van der Waals surface area contributed by atoms with E-state index in [1.54, 1.807) is 7.11 Å². The highest BCUT2D eigenvalue weighted by atomic mass is 19.4. The minimum Gasteiger partial charge on any atom is -0.497 e. The number of nitrogens with zero attached hydrogens (tertiary/aromatic N) is 2. The number of anilines is 1. The van der Waals surface area contributed by atoms with Crippen LogP contribution in [0, 0.1) is 0 Å². The molecule has 0 aliphatic carbocycles. The van der Waals surface area contributed by atoms with Gasteiger partial charge in [-0.05, 0) is 48.2 Å². The van der Waals surface area contributed by atoms with Crippen molar-refractivity contribution in [1.29, 1.82) is 0 Å². The Hall–Kier alpha value is -3.56. The zero-order valence-electron chi connectivity index (χ0n) is 22.7. The Morgan fingerprint density at radius 2 is 1.48 bits per heavy atom. The largest absolute Gasteiger partial charge is 0.497 e. The predicted octanol–water partition coefficient (Wildman–Crippen LogP) is 4.26. The number of ether oxygens (including phenoxy) is 2. The van der Waals surface area contributed by atoms with Crippen LogP contribution in [0.5, 0.6) is 5.75 Å². The van der Waals surface area contributed by atoms with Gasteiger partial charge in [-0.25, -0.2) is 9.59 Å². The molecule has 42 heavy (non-hydrogen) atoms. The summed E-state index contributed by atoms with van der Waals surface area (Å²) in [5, 5.41) is 14.2. The number of nitrogens with two attached hydrogens (primary N) is 1. The van der Waals surface area contributed by atoms with Gasteiger partial charge in [0.2, 0.25) is 0 Å². The van der Waals surface area contributed by atoms with Crippen LogP contribution < -0.4 is 15.4 Å². The second-order valence-electron chi connectivity index (χ2n) is 9.33. The average Bonchev–Trinajstić information content (AvgIpc) is 2.97. The van der Waals surface area contributed by atoms with Crippen molar-refractivity contribution in [3.8, 4) is 16.9 Å². The molecular weight excluding hydrogens is 576 g/mol. The summed E-state index contributed by atoms with van der Waals surface area (Å²) >= 11 is 0. The van der Waals surface area contributed by atoms with Crippen LogP contribution in [0.15, 0.2) is 48.5 Å². The van der Waals surface area contributed by atoms with Gasteiger partial charge in [-0.3, -0.25) is 4.90 Å². The highest BCUT2D eigenvalue weighted by Gasteiger charge is 2.39. The van der Waals surface area contributed by atoms with E-state index < -0.39 is 24.3 Å². The Morgan fingerprint density at radius 1 is 0.929 bits per heavy atom. The summed E-state index contributed by atoms with van der Waals surface area (Å²) in [6.45, 7) is 5.66. The van der Waals surface area contributed by atoms with Crippen LogP contribution in [0.2, 0.25) is 0 Å². The molecule has 2 fully saturated rings. The molecule has 1 unspecified atom stereocenters. The van der Waals surface area contributed by atoms with Gasteiger partial charge in [0.1, 0.15) is 5.75 Å². The molecule has 2 aliphatic rings. The summed E-state index contributed by atoms with van der Waals surface area (Å²) in [6, 6.07) is 17.8. The summed E-state index contributed by atoms with van der Waals surface area (Å²) < 4.78 is 74.5. The maximum absolute atomic E-state index is 10.6. The van der Waals surface area contributed by atoms with Gasteiger partial charge in [0.25, 0.3) is 0 Å². The zero-order chi connectivity index (χ0) is 31.5. The number of piperidine rings is 1. The monoisotopic (exact) mass is 609 g/mol. The maximum atomic E-state index is 10.6. The molecule has 4 N–H and O–H groups in total. The van der Waals surface area contributed by atoms with Crippen LogP contribution in [0.4, 0.5) is 32.0 Å². The first kappa shape index (κ1) is 34.6. The number of carboxylic acids is 2. The fraction of sp³-hybridized carbons (Fsp3) is 0.481. The lowest BCUT2D eigenvalue weighted by molar-refractivity contribution is -0.193. The lowest BCUT2D eigenvalue weighted by atomic mass is 10.0. The van der Waals surface area contributed by atoms with Crippen molar-refractivity contribution >= 4 is 17.6 Å². The smallest absolute Gasteiger partial charge is 0.490 e. The average molecular weight is 610 g/mol. The van der Waals surface area contributed by atoms with Gasteiger partial charge >= 0.3 is 24.3 Å². The quantitative estimate of drug-likeness (QED) is 0.427. The van der Waals surface area contributed by atoms with Crippen LogP contribution in [0.1, 0.15) is 12.8 Å². The number of halogens is 6. The molecule has 9 nitrogen and oxygen atoms in total. The Labute approximate surface area is 238 Å². The number of carbonyl (C=O) groups is 2. The normalized spacial score (nSPS) is 18.2. The molecule has 0 amide bonds. The minimum atomic E-state index is -5.08. The number of alkyl halides is 6. The third-order valence-corrected chi connectivity index (χ3v) is 6.53. The summed E-state index contributed by atoms with van der Waals surface area (Å²) in [7, 11) is 1.71. The van der Waals surface area contributed by atoms with E-state index in [-0.39, 0.29) is 6.10 Å². The van der Waals surface area contributed by atoms with Gasteiger partial charge in [-0.15, -0.1) is 0 Å². The van der Waals surface area contributed by atoms with Crippen molar-refractivity contribution in [1.82, 2.24) is 4.90 Å². The lowest BCUT2D eigenvalue weighted by Crippen LogP contribution is -2.53. The first-order chi connectivity index (χ1) is 19.6. The Kier molecular flexibility index (Phi) is 12.9. The molecular formula is C27H33F6N3O6. The predicted molar refractivity (Wildman–Crippen MR) is 141 cm³/mol. The van der Waals surface area contributed by atoms with Crippen molar-refractivity contribution in [3.63, 3.8) is 0 Å². The topological polar surface area (TPSA) is 126 Å². The lowest BCUT2D eigenvalue weighted by Gasteiger charge is -2.42. The first-order valence-electron chi connectivity index (χ1n) is 12.8. The van der Waals surface area contributed by atoms with Crippen LogP contribution in [-0.4, -0.2) is 98.0 Å². The molecule has 2 aromatic rings. The molecule has 0 bridgehead atoms. The van der Waals surface area contributed by atoms with Gasteiger partial charge in [-0.2, -0.15) is 26.3 Å². The summed E-state index contributed by atoms with van der Waals surface area (Å²) in [5.74, 6) is -4.62. The molecule has 2 heterocycles. The van der Waals surface area contributed by atoms with Crippen LogP contribution in [-0.2, 0) is 14.3 Å². The molecule has 0 spiro atoms. The number of hydrogen-bond donors (Lipinski definition) is 3. The molecule has 0 saturated carbocycles. The van der Waals surface area contributed by atoms with E-state index in [1.165, 1.54) is 29.7 Å². The molecule has 2 saturated heterocycles. The Morgan fingerprint density at radius 3 is 1.95 bits per heavy atom. The molecule has 15 heteroatoms. The van der Waals surface area contributed by atoms with Crippen molar-refractivity contribution < 1.29 is 55.6 Å². The second kappa shape index (κ2) is 15.6. The van der Waals surface area contributed by atoms with E-state index in [4.69, 9.17) is 35.0 Å².